The van der Waals surface area contributed by atoms with Crippen LogP contribution in [0.2, 0.25) is 0 Å². The van der Waals surface area contributed by atoms with Gasteiger partial charge in [-0.2, -0.15) is 0 Å². The van der Waals surface area contributed by atoms with Crippen molar-refractivity contribution in [2.45, 2.75) is 19.9 Å². The topological polar surface area (TPSA) is 41.1 Å². The van der Waals surface area contributed by atoms with Crippen molar-refractivity contribution in [3.05, 3.63) is 64.7 Å². The highest BCUT2D eigenvalue weighted by Crippen LogP contribution is 2.19. The van der Waals surface area contributed by atoms with Gasteiger partial charge in [0.05, 0.1) is 0 Å². The molecule has 2 aromatic carbocycles. The summed E-state index contributed by atoms with van der Waals surface area (Å²) in [6.45, 7) is 3.90. The van der Waals surface area contributed by atoms with Crippen LogP contribution in [-0.4, -0.2) is 12.5 Å². The number of amides is 1. The number of hydrogen-bond acceptors (Lipinski definition) is 2. The summed E-state index contributed by atoms with van der Waals surface area (Å²) in [5.74, 6) is -0.0579. The van der Waals surface area contributed by atoms with Crippen molar-refractivity contribution >= 4 is 11.6 Å². The Labute approximate surface area is 119 Å². The van der Waals surface area contributed by atoms with Gasteiger partial charge in [-0.15, -0.1) is 0 Å². The normalized spacial score (nSPS) is 13.7. The predicted octanol–water partition coefficient (Wildman–Crippen LogP) is 2.89. The first-order valence-electron chi connectivity index (χ1n) is 6.93. The molecule has 20 heavy (non-hydrogen) atoms. The van der Waals surface area contributed by atoms with Crippen LogP contribution in [0, 0.1) is 6.92 Å². The first-order valence-corrected chi connectivity index (χ1v) is 6.93. The summed E-state index contributed by atoms with van der Waals surface area (Å²) in [6.07, 6.45) is 1.06. The molecule has 2 N–H and O–H groups in total. The minimum absolute atomic E-state index is 0.0579. The minimum atomic E-state index is -0.0579. The van der Waals surface area contributed by atoms with Gasteiger partial charge < -0.3 is 10.6 Å². The highest BCUT2D eigenvalue weighted by atomic mass is 16.1. The van der Waals surface area contributed by atoms with Gasteiger partial charge in [-0.3, -0.25) is 4.79 Å². The Morgan fingerprint density at radius 3 is 2.90 bits per heavy atom. The Morgan fingerprint density at radius 1 is 1.15 bits per heavy atom. The van der Waals surface area contributed by atoms with E-state index in [4.69, 9.17) is 0 Å². The van der Waals surface area contributed by atoms with Crippen molar-refractivity contribution in [2.24, 2.45) is 0 Å². The smallest absolute Gasteiger partial charge is 0.255 e. The molecule has 1 heterocycles. The quantitative estimate of drug-likeness (QED) is 0.877. The van der Waals surface area contributed by atoms with Crippen molar-refractivity contribution < 1.29 is 4.79 Å². The monoisotopic (exact) mass is 266 g/mol. The molecule has 0 saturated heterocycles. The zero-order chi connectivity index (χ0) is 13.9. The predicted molar refractivity (Wildman–Crippen MR) is 81.0 cm³/mol. The van der Waals surface area contributed by atoms with E-state index in [0.717, 1.165) is 30.8 Å². The Balaban J connectivity index is 1.79. The highest BCUT2D eigenvalue weighted by Gasteiger charge is 2.11. The number of hydrogen-bond donors (Lipinski definition) is 2. The second-order valence-corrected chi connectivity index (χ2v) is 5.23. The van der Waals surface area contributed by atoms with Crippen molar-refractivity contribution in [3.63, 3.8) is 0 Å². The molecule has 0 saturated carbocycles. The third-order valence-corrected chi connectivity index (χ3v) is 3.63. The zero-order valence-corrected chi connectivity index (χ0v) is 11.6. The molecule has 0 aromatic heterocycles. The number of fused-ring (bicyclic) bond motifs is 1. The number of nitrogens with one attached hydrogen (secondary N) is 2. The minimum Gasteiger partial charge on any atom is -0.322 e. The fraction of sp³-hybridized carbons (Fsp3) is 0.235. The molecule has 0 bridgehead atoms. The van der Waals surface area contributed by atoms with Crippen LogP contribution < -0.4 is 10.6 Å². The van der Waals surface area contributed by atoms with Crippen molar-refractivity contribution in [1.82, 2.24) is 5.32 Å². The van der Waals surface area contributed by atoms with Gasteiger partial charge in [0, 0.05) is 17.8 Å². The van der Waals surface area contributed by atoms with Crippen LogP contribution in [0.25, 0.3) is 0 Å². The van der Waals surface area contributed by atoms with E-state index >= 15 is 0 Å². The number of benzene rings is 2. The lowest BCUT2D eigenvalue weighted by Crippen LogP contribution is -2.23. The Hall–Kier alpha value is -2.13. The molecule has 0 fully saturated rings. The molecule has 3 heteroatoms. The molecule has 0 spiro atoms. The molecular weight excluding hydrogens is 248 g/mol. The van der Waals surface area contributed by atoms with Gasteiger partial charge >= 0.3 is 0 Å². The molecule has 1 aliphatic rings. The van der Waals surface area contributed by atoms with Gasteiger partial charge in [0.25, 0.3) is 5.91 Å². The summed E-state index contributed by atoms with van der Waals surface area (Å²) < 4.78 is 0. The summed E-state index contributed by atoms with van der Waals surface area (Å²) in [4.78, 5) is 12.2. The van der Waals surface area contributed by atoms with Crippen LogP contribution >= 0.6 is 0 Å². The van der Waals surface area contributed by atoms with Crippen molar-refractivity contribution in [1.29, 1.82) is 0 Å². The fourth-order valence-electron chi connectivity index (χ4n) is 2.55. The summed E-state index contributed by atoms with van der Waals surface area (Å²) in [7, 11) is 0. The van der Waals surface area contributed by atoms with Crippen molar-refractivity contribution in [2.75, 3.05) is 11.9 Å². The molecular formula is C17H18N2O. The van der Waals surface area contributed by atoms with E-state index in [9.17, 15) is 4.79 Å². The van der Waals surface area contributed by atoms with Gasteiger partial charge in [-0.05, 0) is 55.3 Å². The van der Waals surface area contributed by atoms with Gasteiger partial charge in [0.2, 0.25) is 0 Å². The standard InChI is InChI=1S/C17H18N2O/c1-12-3-2-4-14(9-12)17(20)19-16-6-5-13-7-8-18-11-15(13)10-16/h2-6,9-10,18H,7-8,11H2,1H3,(H,19,20). The maximum absolute atomic E-state index is 12.2. The number of anilines is 1. The van der Waals surface area contributed by atoms with Gasteiger partial charge in [0.15, 0.2) is 0 Å². The van der Waals surface area contributed by atoms with Gasteiger partial charge in [0.1, 0.15) is 0 Å². The average molecular weight is 266 g/mol. The summed E-state index contributed by atoms with van der Waals surface area (Å²) in [5.41, 5.74) is 5.29. The zero-order valence-electron chi connectivity index (χ0n) is 11.6. The molecule has 1 amide bonds. The third kappa shape index (κ3) is 2.73. The second-order valence-electron chi connectivity index (χ2n) is 5.23. The lowest BCUT2D eigenvalue weighted by atomic mass is 10.0. The largest absolute Gasteiger partial charge is 0.322 e. The van der Waals surface area contributed by atoms with E-state index in [-0.39, 0.29) is 5.91 Å². The van der Waals surface area contributed by atoms with Crippen LogP contribution in [0.1, 0.15) is 27.0 Å². The van der Waals surface area contributed by atoms with E-state index in [0.29, 0.717) is 5.56 Å². The van der Waals surface area contributed by atoms with Gasteiger partial charge in [-0.1, -0.05) is 23.8 Å². The summed E-state index contributed by atoms with van der Waals surface area (Å²) in [6, 6.07) is 13.8. The fourth-order valence-corrected chi connectivity index (χ4v) is 2.55. The van der Waals surface area contributed by atoms with Gasteiger partial charge in [-0.25, -0.2) is 0 Å². The van der Waals surface area contributed by atoms with Crippen LogP contribution in [0.3, 0.4) is 0 Å². The first-order chi connectivity index (χ1) is 9.72. The molecule has 2 aromatic rings. The molecule has 3 rings (SSSR count). The van der Waals surface area contributed by atoms with E-state index < -0.39 is 0 Å². The van der Waals surface area contributed by atoms with Crippen LogP contribution in [0.4, 0.5) is 5.69 Å². The summed E-state index contributed by atoms with van der Waals surface area (Å²) >= 11 is 0. The van der Waals surface area contributed by atoms with Crippen LogP contribution in [-0.2, 0) is 13.0 Å². The molecule has 3 nitrogen and oxygen atoms in total. The van der Waals surface area contributed by atoms with Crippen LogP contribution in [0.15, 0.2) is 42.5 Å². The molecule has 0 aliphatic carbocycles. The van der Waals surface area contributed by atoms with E-state index in [1.54, 1.807) is 0 Å². The van der Waals surface area contributed by atoms with Crippen molar-refractivity contribution in [3.8, 4) is 0 Å². The molecule has 0 atom stereocenters. The second kappa shape index (κ2) is 5.47. The first kappa shape index (κ1) is 12.9. The Bertz CT molecular complexity index is 649. The lowest BCUT2D eigenvalue weighted by molar-refractivity contribution is 0.102. The van der Waals surface area contributed by atoms with E-state index in [1.807, 2.05) is 37.3 Å². The maximum atomic E-state index is 12.2. The number of carbonyl (C=O) groups is 1. The number of aryl methyl sites for hydroxylation is 1. The highest BCUT2D eigenvalue weighted by molar-refractivity contribution is 6.04. The van der Waals surface area contributed by atoms with E-state index in [1.165, 1.54) is 11.1 Å². The molecule has 0 radical (unpaired) electrons. The SMILES string of the molecule is Cc1cccc(C(=O)Nc2ccc3c(c2)CNCC3)c1. The molecule has 0 unspecified atom stereocenters. The number of carbonyl (C=O) groups excluding carboxylic acids is 1. The summed E-state index contributed by atoms with van der Waals surface area (Å²) in [5, 5.41) is 6.32. The Kier molecular flexibility index (Phi) is 3.52. The van der Waals surface area contributed by atoms with Crippen LogP contribution in [0.5, 0.6) is 0 Å². The lowest BCUT2D eigenvalue weighted by Gasteiger charge is -2.18. The number of rotatable bonds is 2. The van der Waals surface area contributed by atoms with E-state index in [2.05, 4.69) is 22.8 Å². The average Bonchev–Trinajstić information content (AvgIpc) is 2.47. The molecule has 102 valence electrons. The Morgan fingerprint density at radius 2 is 2.05 bits per heavy atom. The molecule has 1 aliphatic heterocycles. The third-order valence-electron chi connectivity index (χ3n) is 3.63. The maximum Gasteiger partial charge on any atom is 0.255 e.